The van der Waals surface area contributed by atoms with E-state index in [1.54, 1.807) is 36.4 Å². The van der Waals surface area contributed by atoms with Gasteiger partial charge in [-0.05, 0) is 65.7 Å². The monoisotopic (exact) mass is 456 g/mol. The number of rotatable bonds is 4. The molecule has 0 saturated heterocycles. The highest BCUT2D eigenvalue weighted by molar-refractivity contribution is 7.89. The third-order valence-corrected chi connectivity index (χ3v) is 6.11. The Morgan fingerprint density at radius 1 is 1.03 bits per heavy atom. The van der Waals surface area contributed by atoms with Crippen LogP contribution in [0.25, 0.3) is 0 Å². The van der Waals surface area contributed by atoms with E-state index in [9.17, 15) is 18.0 Å². The minimum Gasteiger partial charge on any atom is -0.454 e. The number of primary sulfonamides is 1. The number of hydrogen-bond donors (Lipinski definition) is 2. The van der Waals surface area contributed by atoms with Gasteiger partial charge in [0.25, 0.3) is 5.91 Å². The molecule has 9 heteroatoms. The number of nitrogens with two attached hydrogens (primary N) is 1. The van der Waals surface area contributed by atoms with Crippen molar-refractivity contribution in [2.24, 2.45) is 5.14 Å². The summed E-state index contributed by atoms with van der Waals surface area (Å²) in [5.41, 5.74) is 2.70. The van der Waals surface area contributed by atoms with E-state index in [2.05, 4.69) is 5.32 Å². The van der Waals surface area contributed by atoms with Crippen LogP contribution in [0.4, 0.5) is 5.69 Å². The van der Waals surface area contributed by atoms with Crippen molar-refractivity contribution in [3.05, 3.63) is 94.0 Å². The van der Waals surface area contributed by atoms with Gasteiger partial charge in [0.05, 0.1) is 10.5 Å². The predicted molar refractivity (Wildman–Crippen MR) is 116 cm³/mol. The number of cyclic esters (lactones) is 1. The molecule has 0 spiro atoms. The molecule has 0 bridgehead atoms. The quantitative estimate of drug-likeness (QED) is 0.581. The highest BCUT2D eigenvalue weighted by Gasteiger charge is 2.28. The summed E-state index contributed by atoms with van der Waals surface area (Å²) in [6.45, 7) is 0. The zero-order valence-corrected chi connectivity index (χ0v) is 17.6. The summed E-state index contributed by atoms with van der Waals surface area (Å²) in [5, 5.41) is 8.36. The van der Waals surface area contributed by atoms with Crippen LogP contribution < -0.4 is 10.5 Å². The Morgan fingerprint density at radius 2 is 1.71 bits per heavy atom. The summed E-state index contributed by atoms with van der Waals surface area (Å²) in [4.78, 5) is 25.0. The molecule has 0 fully saturated rings. The van der Waals surface area contributed by atoms with Crippen molar-refractivity contribution >= 4 is 39.2 Å². The fraction of sp³-hybridized carbons (Fsp3) is 0.0909. The van der Waals surface area contributed by atoms with Crippen molar-refractivity contribution in [1.29, 1.82) is 0 Å². The molecule has 4 rings (SSSR count). The molecule has 158 valence electrons. The molecule has 0 saturated carbocycles. The molecule has 7 nitrogen and oxygen atoms in total. The number of carbonyl (C=O) groups is 2. The van der Waals surface area contributed by atoms with E-state index in [1.165, 1.54) is 30.3 Å². The lowest BCUT2D eigenvalue weighted by molar-refractivity contribution is 0.0252. The Labute approximate surface area is 183 Å². The van der Waals surface area contributed by atoms with Crippen LogP contribution in [0.1, 0.15) is 37.9 Å². The fourth-order valence-corrected chi connectivity index (χ4v) is 3.97. The van der Waals surface area contributed by atoms with E-state index < -0.39 is 28.0 Å². The smallest absolute Gasteiger partial charge is 0.339 e. The molecule has 3 aromatic carbocycles. The number of carbonyl (C=O) groups excluding carboxylic acids is 2. The second-order valence-corrected chi connectivity index (χ2v) is 9.04. The maximum absolute atomic E-state index is 12.7. The van der Waals surface area contributed by atoms with Crippen molar-refractivity contribution in [2.75, 3.05) is 5.32 Å². The van der Waals surface area contributed by atoms with E-state index in [4.69, 9.17) is 21.5 Å². The summed E-state index contributed by atoms with van der Waals surface area (Å²) in [6, 6.07) is 17.3. The van der Waals surface area contributed by atoms with Crippen LogP contribution in [0.15, 0.2) is 71.6 Å². The van der Waals surface area contributed by atoms with E-state index >= 15 is 0 Å². The summed E-state index contributed by atoms with van der Waals surface area (Å²) in [5.74, 6) is -0.847. The minimum atomic E-state index is -3.81. The van der Waals surface area contributed by atoms with Gasteiger partial charge in [-0.2, -0.15) is 0 Å². The Bertz CT molecular complexity index is 1270. The van der Waals surface area contributed by atoms with Gasteiger partial charge in [-0.3, -0.25) is 4.79 Å². The Morgan fingerprint density at radius 3 is 2.35 bits per heavy atom. The molecule has 1 atom stereocenters. The molecule has 31 heavy (non-hydrogen) atoms. The number of hydrogen-bond acceptors (Lipinski definition) is 5. The number of sulfonamides is 1. The van der Waals surface area contributed by atoms with Gasteiger partial charge in [0.15, 0.2) is 0 Å². The number of nitrogens with one attached hydrogen (secondary N) is 1. The van der Waals surface area contributed by atoms with Crippen molar-refractivity contribution in [3.8, 4) is 0 Å². The standard InChI is InChI=1S/C22H17ClN2O5S/c23-16-4-1-13(2-5-16)20-12-15-11-14(3-10-19(15)22(27)30-20)21(26)25-17-6-8-18(9-7-17)31(24,28)29/h1-11,20H,12H2,(H,25,26)(H2,24,28,29)/t20-/m0/s1. The lowest BCUT2D eigenvalue weighted by Gasteiger charge is -2.25. The van der Waals surface area contributed by atoms with Crippen LogP contribution in [-0.2, 0) is 21.2 Å². The topological polar surface area (TPSA) is 116 Å². The number of anilines is 1. The highest BCUT2D eigenvalue weighted by Crippen LogP contribution is 2.31. The van der Waals surface area contributed by atoms with Crippen molar-refractivity contribution in [2.45, 2.75) is 17.4 Å². The molecular formula is C22H17ClN2O5S. The molecule has 1 amide bonds. The first-order chi connectivity index (χ1) is 14.7. The van der Waals surface area contributed by atoms with E-state index in [1.807, 2.05) is 0 Å². The van der Waals surface area contributed by atoms with Gasteiger partial charge < -0.3 is 10.1 Å². The normalized spacial score (nSPS) is 15.7. The zero-order valence-electron chi connectivity index (χ0n) is 16.0. The maximum atomic E-state index is 12.7. The first-order valence-electron chi connectivity index (χ1n) is 9.24. The molecule has 0 aromatic heterocycles. The summed E-state index contributed by atoms with van der Waals surface area (Å²) < 4.78 is 28.2. The van der Waals surface area contributed by atoms with Crippen molar-refractivity contribution in [3.63, 3.8) is 0 Å². The molecule has 1 aliphatic heterocycles. The lowest BCUT2D eigenvalue weighted by atomic mass is 9.93. The molecule has 3 aromatic rings. The van der Waals surface area contributed by atoms with Crippen LogP contribution in [0, 0.1) is 0 Å². The van der Waals surface area contributed by atoms with Gasteiger partial charge in [-0.15, -0.1) is 0 Å². The first kappa shape index (κ1) is 21.0. The van der Waals surface area contributed by atoms with Crippen LogP contribution in [0.5, 0.6) is 0 Å². The maximum Gasteiger partial charge on any atom is 0.339 e. The van der Waals surface area contributed by atoms with Gasteiger partial charge in [0, 0.05) is 22.7 Å². The van der Waals surface area contributed by atoms with Crippen LogP contribution in [-0.4, -0.2) is 20.3 Å². The van der Waals surface area contributed by atoms with Gasteiger partial charge in [-0.1, -0.05) is 23.7 Å². The second kappa shape index (κ2) is 8.14. The number of ether oxygens (including phenoxy) is 1. The number of esters is 1. The summed E-state index contributed by atoms with van der Waals surface area (Å²) in [6.07, 6.45) is -0.0475. The molecule has 1 heterocycles. The fourth-order valence-electron chi connectivity index (χ4n) is 3.33. The van der Waals surface area contributed by atoms with E-state index in [0.29, 0.717) is 33.8 Å². The van der Waals surface area contributed by atoms with E-state index in [0.717, 1.165) is 5.56 Å². The minimum absolute atomic E-state index is 0.0500. The lowest BCUT2D eigenvalue weighted by Crippen LogP contribution is -2.23. The SMILES string of the molecule is NS(=O)(=O)c1ccc(NC(=O)c2ccc3c(c2)C[C@@H](c2ccc(Cl)cc2)OC3=O)cc1. The Hall–Kier alpha value is -3.20. The molecule has 0 unspecified atom stereocenters. The third kappa shape index (κ3) is 4.61. The van der Waals surface area contributed by atoms with Gasteiger partial charge in [-0.25, -0.2) is 18.4 Å². The van der Waals surface area contributed by atoms with Gasteiger partial charge in [0.2, 0.25) is 10.0 Å². The number of benzene rings is 3. The number of halogens is 1. The largest absolute Gasteiger partial charge is 0.454 e. The molecular weight excluding hydrogens is 440 g/mol. The molecule has 3 N–H and O–H groups in total. The van der Waals surface area contributed by atoms with Crippen LogP contribution in [0.2, 0.25) is 5.02 Å². The first-order valence-corrected chi connectivity index (χ1v) is 11.2. The number of amides is 1. The molecule has 0 aliphatic carbocycles. The Kier molecular flexibility index (Phi) is 5.53. The zero-order chi connectivity index (χ0) is 22.2. The van der Waals surface area contributed by atoms with Gasteiger partial charge >= 0.3 is 5.97 Å². The van der Waals surface area contributed by atoms with Gasteiger partial charge in [0.1, 0.15) is 6.10 Å². The van der Waals surface area contributed by atoms with Crippen LogP contribution in [0.3, 0.4) is 0 Å². The van der Waals surface area contributed by atoms with Crippen molar-refractivity contribution in [1.82, 2.24) is 0 Å². The van der Waals surface area contributed by atoms with Crippen molar-refractivity contribution < 1.29 is 22.7 Å². The average molecular weight is 457 g/mol. The summed E-state index contributed by atoms with van der Waals surface area (Å²) >= 11 is 5.93. The third-order valence-electron chi connectivity index (χ3n) is 4.92. The second-order valence-electron chi connectivity index (χ2n) is 7.05. The average Bonchev–Trinajstić information content (AvgIpc) is 2.73. The molecule has 1 aliphatic rings. The highest BCUT2D eigenvalue weighted by atomic mass is 35.5. The predicted octanol–water partition coefficient (Wildman–Crippen LogP) is 3.69. The molecule has 0 radical (unpaired) electrons. The summed E-state index contributed by atoms with van der Waals surface area (Å²) in [7, 11) is -3.81. The number of fused-ring (bicyclic) bond motifs is 1. The Balaban J connectivity index is 1.54. The van der Waals surface area contributed by atoms with Crippen LogP contribution >= 0.6 is 11.6 Å². The van der Waals surface area contributed by atoms with E-state index in [-0.39, 0.29) is 4.90 Å².